The van der Waals surface area contributed by atoms with Crippen LogP contribution in [0.4, 0.5) is 10.2 Å². The molecule has 0 unspecified atom stereocenters. The summed E-state index contributed by atoms with van der Waals surface area (Å²) in [5.41, 5.74) is 8.24. The number of anilines is 1. The van der Waals surface area contributed by atoms with E-state index in [0.29, 0.717) is 41.3 Å². The molecule has 1 fully saturated rings. The van der Waals surface area contributed by atoms with Gasteiger partial charge in [0, 0.05) is 18.7 Å². The number of hydrogen-bond acceptors (Lipinski definition) is 6. The third kappa shape index (κ3) is 3.70. The van der Waals surface area contributed by atoms with Gasteiger partial charge < -0.3 is 15.4 Å². The van der Waals surface area contributed by atoms with Gasteiger partial charge in [0.2, 0.25) is 0 Å². The second-order valence-corrected chi connectivity index (χ2v) is 7.82. The Labute approximate surface area is 179 Å². The topological polar surface area (TPSA) is 82.1 Å². The van der Waals surface area contributed by atoms with Gasteiger partial charge in [-0.15, -0.1) is 0 Å². The first-order valence-corrected chi connectivity index (χ1v) is 10.2. The maximum Gasteiger partial charge on any atom is 0.164 e. The van der Waals surface area contributed by atoms with Crippen molar-refractivity contribution < 1.29 is 9.13 Å². The fraction of sp³-hybridized carbons (Fsp3) is 0.261. The molecule has 1 aliphatic rings. The third-order valence-corrected chi connectivity index (χ3v) is 5.65. The number of nitrogens with two attached hydrogens (primary N) is 1. The Morgan fingerprint density at radius 3 is 2.52 bits per heavy atom. The number of nitrogen functional groups attached to an aromatic ring is 1. The number of aromatic nitrogens is 4. The van der Waals surface area contributed by atoms with Crippen molar-refractivity contribution in [2.24, 2.45) is 0 Å². The molecule has 4 aromatic rings. The van der Waals surface area contributed by atoms with E-state index in [9.17, 15) is 4.39 Å². The van der Waals surface area contributed by atoms with Crippen LogP contribution in [0.15, 0.2) is 60.9 Å². The number of piperidine rings is 1. The summed E-state index contributed by atoms with van der Waals surface area (Å²) in [5.74, 6) is 1.81. The number of benzene rings is 2. The summed E-state index contributed by atoms with van der Waals surface area (Å²) in [6.07, 6.45) is 1.02. The van der Waals surface area contributed by atoms with Gasteiger partial charge in [0.25, 0.3) is 0 Å². The van der Waals surface area contributed by atoms with Crippen LogP contribution in [-0.2, 0) is 0 Å². The van der Waals surface area contributed by atoms with Gasteiger partial charge in [-0.3, -0.25) is 0 Å². The van der Waals surface area contributed by atoms with Crippen LogP contribution in [0, 0.1) is 0 Å². The number of alkyl halides is 1. The standard InChI is InChI=1S/C23H23FN6O/c1-29-12-11-19(18(24)13-29)30-23-20(22(25)26-14-27-23)21(28-30)15-7-9-17(10-8-15)31-16-5-3-2-4-6-16/h2-10,14,18-19H,11-13H2,1H3,(H2,25,26,27)/t18-,19-/m0/s1. The van der Waals surface area contributed by atoms with E-state index in [1.165, 1.54) is 6.33 Å². The smallest absolute Gasteiger partial charge is 0.164 e. The lowest BCUT2D eigenvalue weighted by Gasteiger charge is -2.32. The Hall–Kier alpha value is -3.52. The highest BCUT2D eigenvalue weighted by atomic mass is 19.1. The highest BCUT2D eigenvalue weighted by Crippen LogP contribution is 2.35. The van der Waals surface area contributed by atoms with E-state index in [4.69, 9.17) is 15.6 Å². The second kappa shape index (κ2) is 7.96. The zero-order valence-corrected chi connectivity index (χ0v) is 17.1. The normalized spacial score (nSPS) is 19.5. The summed E-state index contributed by atoms with van der Waals surface area (Å²) in [7, 11) is 1.93. The summed E-state index contributed by atoms with van der Waals surface area (Å²) in [6, 6.07) is 16.8. The molecule has 2 atom stereocenters. The highest BCUT2D eigenvalue weighted by Gasteiger charge is 2.32. The summed E-state index contributed by atoms with van der Waals surface area (Å²) >= 11 is 0. The molecule has 31 heavy (non-hydrogen) atoms. The number of likely N-dealkylation sites (tertiary alicyclic amines) is 1. The van der Waals surface area contributed by atoms with E-state index in [2.05, 4.69) is 9.97 Å². The Balaban J connectivity index is 1.53. The summed E-state index contributed by atoms with van der Waals surface area (Å²) in [4.78, 5) is 10.5. The van der Waals surface area contributed by atoms with Gasteiger partial charge in [-0.05, 0) is 49.9 Å². The van der Waals surface area contributed by atoms with Gasteiger partial charge in [0.1, 0.15) is 35.5 Å². The van der Waals surface area contributed by atoms with Crippen LogP contribution in [0.3, 0.4) is 0 Å². The molecule has 158 valence electrons. The van der Waals surface area contributed by atoms with Crippen molar-refractivity contribution in [3.63, 3.8) is 0 Å². The fourth-order valence-electron chi connectivity index (χ4n) is 4.05. The van der Waals surface area contributed by atoms with Gasteiger partial charge in [0.15, 0.2) is 5.65 Å². The maximum atomic E-state index is 14.9. The molecule has 5 rings (SSSR count). The van der Waals surface area contributed by atoms with Crippen molar-refractivity contribution >= 4 is 16.9 Å². The third-order valence-electron chi connectivity index (χ3n) is 5.65. The monoisotopic (exact) mass is 418 g/mol. The van der Waals surface area contributed by atoms with Crippen molar-refractivity contribution in [1.82, 2.24) is 24.6 Å². The lowest BCUT2D eigenvalue weighted by molar-refractivity contribution is 0.103. The second-order valence-electron chi connectivity index (χ2n) is 7.82. The van der Waals surface area contributed by atoms with Crippen LogP contribution >= 0.6 is 0 Å². The minimum Gasteiger partial charge on any atom is -0.457 e. The summed E-state index contributed by atoms with van der Waals surface area (Å²) in [5, 5.41) is 5.41. The van der Waals surface area contributed by atoms with Gasteiger partial charge in [0.05, 0.1) is 11.4 Å². The quantitative estimate of drug-likeness (QED) is 0.538. The predicted molar refractivity (Wildman–Crippen MR) is 118 cm³/mol. The first kappa shape index (κ1) is 19.4. The molecule has 8 heteroatoms. The number of nitrogens with zero attached hydrogens (tertiary/aromatic N) is 5. The van der Waals surface area contributed by atoms with E-state index in [-0.39, 0.29) is 6.04 Å². The van der Waals surface area contributed by atoms with Gasteiger partial charge >= 0.3 is 0 Å². The number of ether oxygens (including phenoxy) is 1. The van der Waals surface area contributed by atoms with E-state index < -0.39 is 6.17 Å². The first-order valence-electron chi connectivity index (χ1n) is 10.2. The van der Waals surface area contributed by atoms with Crippen LogP contribution in [-0.4, -0.2) is 51.0 Å². The maximum absolute atomic E-state index is 14.9. The molecule has 0 radical (unpaired) electrons. The van der Waals surface area contributed by atoms with Crippen molar-refractivity contribution in [2.45, 2.75) is 18.6 Å². The Morgan fingerprint density at radius 1 is 1.03 bits per heavy atom. The van der Waals surface area contributed by atoms with Crippen molar-refractivity contribution in [3.05, 3.63) is 60.9 Å². The van der Waals surface area contributed by atoms with Gasteiger partial charge in [-0.25, -0.2) is 19.0 Å². The number of fused-ring (bicyclic) bond motifs is 1. The van der Waals surface area contributed by atoms with Crippen molar-refractivity contribution in [3.8, 4) is 22.8 Å². The molecule has 1 aliphatic heterocycles. The molecule has 0 bridgehead atoms. The minimum atomic E-state index is -1.03. The molecule has 0 saturated carbocycles. The molecule has 2 aromatic carbocycles. The molecule has 3 heterocycles. The van der Waals surface area contributed by atoms with E-state index in [1.807, 2.05) is 66.5 Å². The Bertz CT molecular complexity index is 1190. The molecule has 0 amide bonds. The van der Waals surface area contributed by atoms with Crippen molar-refractivity contribution in [2.75, 3.05) is 25.9 Å². The van der Waals surface area contributed by atoms with Crippen LogP contribution in [0.25, 0.3) is 22.3 Å². The average molecular weight is 418 g/mol. The SMILES string of the molecule is CN1CC[C@H](n2nc(-c3ccc(Oc4ccccc4)cc3)c3c(N)ncnc32)[C@@H](F)C1. The zero-order valence-electron chi connectivity index (χ0n) is 17.1. The molecule has 0 aliphatic carbocycles. The molecule has 7 nitrogen and oxygen atoms in total. The molecule has 2 N–H and O–H groups in total. The number of hydrogen-bond donors (Lipinski definition) is 1. The van der Waals surface area contributed by atoms with E-state index in [0.717, 1.165) is 17.9 Å². The predicted octanol–water partition coefficient (Wildman–Crippen LogP) is 4.08. The minimum absolute atomic E-state index is 0.333. The molecule has 2 aromatic heterocycles. The molecule has 1 saturated heterocycles. The highest BCUT2D eigenvalue weighted by molar-refractivity contribution is 5.98. The Kier molecular flexibility index (Phi) is 4.99. The van der Waals surface area contributed by atoms with E-state index >= 15 is 0 Å². The number of para-hydroxylation sites is 1. The largest absolute Gasteiger partial charge is 0.457 e. The number of halogens is 1. The molecular formula is C23H23FN6O. The fourth-order valence-corrected chi connectivity index (χ4v) is 4.05. The van der Waals surface area contributed by atoms with Crippen LogP contribution < -0.4 is 10.5 Å². The molecule has 0 spiro atoms. The Morgan fingerprint density at radius 2 is 1.77 bits per heavy atom. The molecular weight excluding hydrogens is 395 g/mol. The summed E-state index contributed by atoms with van der Waals surface area (Å²) in [6.45, 7) is 1.17. The van der Waals surface area contributed by atoms with Gasteiger partial charge in [-0.2, -0.15) is 5.10 Å². The lowest BCUT2D eigenvalue weighted by Crippen LogP contribution is -2.40. The zero-order chi connectivity index (χ0) is 21.4. The van der Waals surface area contributed by atoms with E-state index in [1.54, 1.807) is 4.68 Å². The first-order chi connectivity index (χ1) is 15.1. The average Bonchev–Trinajstić information content (AvgIpc) is 3.16. The lowest BCUT2D eigenvalue weighted by atomic mass is 10.0. The van der Waals surface area contributed by atoms with Crippen LogP contribution in [0.2, 0.25) is 0 Å². The van der Waals surface area contributed by atoms with Gasteiger partial charge in [-0.1, -0.05) is 18.2 Å². The summed E-state index contributed by atoms with van der Waals surface area (Å²) < 4.78 is 22.5. The van der Waals surface area contributed by atoms with Crippen LogP contribution in [0.5, 0.6) is 11.5 Å². The van der Waals surface area contributed by atoms with Crippen molar-refractivity contribution in [1.29, 1.82) is 0 Å². The number of rotatable bonds is 4. The van der Waals surface area contributed by atoms with Crippen LogP contribution in [0.1, 0.15) is 12.5 Å².